The molecule has 0 aromatic carbocycles. The topological polar surface area (TPSA) is 0 Å². The number of rotatable bonds is 3. The molecule has 0 nitrogen and oxygen atoms in total. The zero-order valence-corrected chi connectivity index (χ0v) is 7.78. The molecule has 0 aromatic rings. The zero-order valence-electron chi connectivity index (χ0n) is 6.89. The predicted octanol–water partition coefficient (Wildman–Crippen LogP) is 2.84. The Labute approximate surface area is 64.4 Å². The summed E-state index contributed by atoms with van der Waals surface area (Å²) >= 11 is 4.29. The maximum atomic E-state index is 4.29. The van der Waals surface area contributed by atoms with Gasteiger partial charge in [-0.2, -0.15) is 12.6 Å². The highest BCUT2D eigenvalue weighted by Crippen LogP contribution is 2.20. The molecule has 0 unspecified atom stereocenters. The van der Waals surface area contributed by atoms with Crippen molar-refractivity contribution < 1.29 is 0 Å². The minimum atomic E-state index is 0.780. The summed E-state index contributed by atoms with van der Waals surface area (Å²) in [5.41, 5.74) is 0. The third-order valence-corrected chi connectivity index (χ3v) is 2.35. The molecule has 0 aromatic heterocycles. The van der Waals surface area contributed by atoms with Crippen LogP contribution in [0.2, 0.25) is 0 Å². The molecule has 0 rings (SSSR count). The first kappa shape index (κ1) is 9.35. The second-order valence-corrected chi connectivity index (χ2v) is 3.70. The van der Waals surface area contributed by atoms with E-state index in [2.05, 4.69) is 40.3 Å². The van der Waals surface area contributed by atoms with E-state index >= 15 is 0 Å². The van der Waals surface area contributed by atoms with Crippen molar-refractivity contribution in [1.82, 2.24) is 0 Å². The smallest absolute Gasteiger partial charge is 0.00646 e. The minimum absolute atomic E-state index is 0.780. The van der Waals surface area contributed by atoms with Gasteiger partial charge in [-0.25, -0.2) is 0 Å². The number of hydrogen-bond acceptors (Lipinski definition) is 1. The summed E-state index contributed by atoms with van der Waals surface area (Å²) in [5, 5.41) is 0. The Morgan fingerprint density at radius 1 is 1.00 bits per heavy atom. The van der Waals surface area contributed by atoms with E-state index in [0.717, 1.165) is 23.5 Å². The van der Waals surface area contributed by atoms with Crippen molar-refractivity contribution in [1.29, 1.82) is 0 Å². The van der Waals surface area contributed by atoms with Crippen molar-refractivity contribution in [3.63, 3.8) is 0 Å². The second-order valence-electron chi connectivity index (χ2n) is 3.33. The molecule has 56 valence electrons. The number of thiol groups is 1. The van der Waals surface area contributed by atoms with Crippen LogP contribution in [0, 0.1) is 17.8 Å². The van der Waals surface area contributed by atoms with Crippen LogP contribution in [-0.2, 0) is 0 Å². The van der Waals surface area contributed by atoms with Gasteiger partial charge in [0.2, 0.25) is 0 Å². The summed E-state index contributed by atoms with van der Waals surface area (Å²) in [6, 6.07) is 0. The lowest BCUT2D eigenvalue weighted by atomic mass is 9.87. The van der Waals surface area contributed by atoms with Crippen molar-refractivity contribution in [2.24, 2.45) is 17.8 Å². The normalized spacial score (nSPS) is 12.0. The van der Waals surface area contributed by atoms with Gasteiger partial charge in [-0.1, -0.05) is 27.7 Å². The fraction of sp³-hybridized carbons (Fsp3) is 1.00. The van der Waals surface area contributed by atoms with Crippen molar-refractivity contribution >= 4 is 12.6 Å². The van der Waals surface area contributed by atoms with Crippen molar-refractivity contribution in [3.8, 4) is 0 Å². The van der Waals surface area contributed by atoms with Crippen LogP contribution < -0.4 is 0 Å². The van der Waals surface area contributed by atoms with Crippen LogP contribution in [0.15, 0.2) is 0 Å². The van der Waals surface area contributed by atoms with Gasteiger partial charge in [-0.05, 0) is 23.5 Å². The highest BCUT2D eigenvalue weighted by molar-refractivity contribution is 7.80. The molecule has 1 heteroatoms. The molecule has 0 aliphatic heterocycles. The van der Waals surface area contributed by atoms with Gasteiger partial charge in [-0.15, -0.1) is 0 Å². The Bertz CT molecular complexity index is 59.0. The molecule has 9 heavy (non-hydrogen) atoms. The van der Waals surface area contributed by atoms with E-state index in [9.17, 15) is 0 Å². The summed E-state index contributed by atoms with van der Waals surface area (Å²) in [7, 11) is 0. The molecule has 0 aliphatic carbocycles. The van der Waals surface area contributed by atoms with Gasteiger partial charge in [0.05, 0.1) is 0 Å². The van der Waals surface area contributed by atoms with E-state index in [4.69, 9.17) is 0 Å². The van der Waals surface area contributed by atoms with Crippen LogP contribution in [0.5, 0.6) is 0 Å². The Morgan fingerprint density at radius 2 is 1.33 bits per heavy atom. The molecule has 0 aliphatic rings. The van der Waals surface area contributed by atoms with E-state index in [0.29, 0.717) is 0 Å². The van der Waals surface area contributed by atoms with Gasteiger partial charge in [0, 0.05) is 0 Å². The minimum Gasteiger partial charge on any atom is -0.179 e. The monoisotopic (exact) mass is 146 g/mol. The quantitative estimate of drug-likeness (QED) is 0.582. The first-order valence-electron chi connectivity index (χ1n) is 3.70. The maximum absolute atomic E-state index is 4.29. The van der Waals surface area contributed by atoms with Crippen molar-refractivity contribution in [3.05, 3.63) is 0 Å². The Morgan fingerprint density at radius 3 is 1.33 bits per heavy atom. The molecule has 0 saturated heterocycles. The fourth-order valence-electron chi connectivity index (χ4n) is 1.19. The van der Waals surface area contributed by atoms with Crippen LogP contribution in [0.25, 0.3) is 0 Å². The highest BCUT2D eigenvalue weighted by atomic mass is 32.1. The summed E-state index contributed by atoms with van der Waals surface area (Å²) < 4.78 is 0. The largest absolute Gasteiger partial charge is 0.179 e. The lowest BCUT2D eigenvalue weighted by Crippen LogP contribution is -2.16. The molecule has 0 radical (unpaired) electrons. The molecule has 0 atom stereocenters. The zero-order chi connectivity index (χ0) is 7.44. The van der Waals surface area contributed by atoms with E-state index < -0.39 is 0 Å². The van der Waals surface area contributed by atoms with Gasteiger partial charge in [0.15, 0.2) is 0 Å². The molecule has 0 bridgehead atoms. The Hall–Kier alpha value is 0.350. The molecule has 0 amide bonds. The van der Waals surface area contributed by atoms with Gasteiger partial charge in [0.25, 0.3) is 0 Å². The van der Waals surface area contributed by atoms with Crippen molar-refractivity contribution in [2.75, 3.05) is 5.75 Å². The molecule has 0 saturated carbocycles. The van der Waals surface area contributed by atoms with Gasteiger partial charge in [0.1, 0.15) is 0 Å². The van der Waals surface area contributed by atoms with Crippen molar-refractivity contribution in [2.45, 2.75) is 27.7 Å². The predicted molar refractivity (Wildman–Crippen MR) is 47.0 cm³/mol. The van der Waals surface area contributed by atoms with E-state index in [1.54, 1.807) is 0 Å². The molecule has 0 heterocycles. The summed E-state index contributed by atoms with van der Waals surface area (Å²) in [6.45, 7) is 9.06. The van der Waals surface area contributed by atoms with Crippen LogP contribution in [-0.4, -0.2) is 5.75 Å². The average molecular weight is 146 g/mol. The van der Waals surface area contributed by atoms with E-state index in [1.807, 2.05) is 0 Å². The molecular weight excluding hydrogens is 128 g/mol. The van der Waals surface area contributed by atoms with Crippen LogP contribution in [0.3, 0.4) is 0 Å². The van der Waals surface area contributed by atoms with Gasteiger partial charge >= 0.3 is 0 Å². The molecule has 0 fully saturated rings. The maximum Gasteiger partial charge on any atom is -0.00646 e. The Kier molecular flexibility index (Phi) is 4.37. The molecule has 0 N–H and O–H groups in total. The average Bonchev–Trinajstić information content (AvgIpc) is 1.64. The SMILES string of the molecule is CC(C)C(CS)C(C)C. The fourth-order valence-corrected chi connectivity index (χ4v) is 2.03. The van der Waals surface area contributed by atoms with Crippen LogP contribution in [0.4, 0.5) is 0 Å². The lowest BCUT2D eigenvalue weighted by Gasteiger charge is -2.22. The third-order valence-electron chi connectivity index (χ3n) is 1.92. The number of hydrogen-bond donors (Lipinski definition) is 1. The van der Waals surface area contributed by atoms with Gasteiger partial charge < -0.3 is 0 Å². The standard InChI is InChI=1S/C8H18S/c1-6(2)8(5-9)7(3)4/h6-9H,5H2,1-4H3. The Balaban J connectivity index is 3.68. The first-order valence-corrected chi connectivity index (χ1v) is 4.33. The second kappa shape index (κ2) is 4.21. The van der Waals surface area contributed by atoms with Crippen LogP contribution >= 0.6 is 12.6 Å². The summed E-state index contributed by atoms with van der Waals surface area (Å²) in [6.07, 6.45) is 0. The lowest BCUT2D eigenvalue weighted by molar-refractivity contribution is 0.323. The summed E-state index contributed by atoms with van der Waals surface area (Å²) in [4.78, 5) is 0. The van der Waals surface area contributed by atoms with Gasteiger partial charge in [-0.3, -0.25) is 0 Å². The van der Waals surface area contributed by atoms with E-state index in [-0.39, 0.29) is 0 Å². The summed E-state index contributed by atoms with van der Waals surface area (Å²) in [5.74, 6) is 3.37. The first-order chi connectivity index (χ1) is 4.09. The highest BCUT2D eigenvalue weighted by Gasteiger charge is 2.14. The molecule has 0 spiro atoms. The third kappa shape index (κ3) is 3.14. The van der Waals surface area contributed by atoms with E-state index in [1.165, 1.54) is 0 Å². The molecular formula is C8H18S. The van der Waals surface area contributed by atoms with Crippen LogP contribution in [0.1, 0.15) is 27.7 Å².